The van der Waals surface area contributed by atoms with Crippen molar-refractivity contribution in [3.63, 3.8) is 0 Å². The van der Waals surface area contributed by atoms with E-state index in [4.69, 9.17) is 11.6 Å². The second-order valence-electron chi connectivity index (χ2n) is 10.9. The third-order valence-corrected chi connectivity index (χ3v) is 7.96. The van der Waals surface area contributed by atoms with Crippen molar-refractivity contribution in [1.29, 1.82) is 0 Å². The van der Waals surface area contributed by atoms with Gasteiger partial charge in [-0.2, -0.15) is 4.98 Å². The highest BCUT2D eigenvalue weighted by Crippen LogP contribution is 2.36. The van der Waals surface area contributed by atoms with E-state index in [-0.39, 0.29) is 57.0 Å². The van der Waals surface area contributed by atoms with Crippen molar-refractivity contribution in [2.45, 2.75) is 52.6 Å². The summed E-state index contributed by atoms with van der Waals surface area (Å²) < 4.78 is 32.3. The van der Waals surface area contributed by atoms with Crippen molar-refractivity contribution in [1.82, 2.24) is 24.4 Å². The van der Waals surface area contributed by atoms with Crippen LogP contribution in [-0.4, -0.2) is 55.5 Å². The van der Waals surface area contributed by atoms with Crippen LogP contribution < -0.4 is 10.6 Å². The van der Waals surface area contributed by atoms with Gasteiger partial charge >= 0.3 is 5.69 Å². The maximum absolute atomic E-state index is 15.9. The Morgan fingerprint density at radius 2 is 1.86 bits per heavy atom. The Balaban J connectivity index is 1.85. The summed E-state index contributed by atoms with van der Waals surface area (Å²) in [7, 11) is 0. The van der Waals surface area contributed by atoms with Gasteiger partial charge in [0.15, 0.2) is 11.5 Å². The molecule has 42 heavy (non-hydrogen) atoms. The minimum atomic E-state index is -0.823. The number of carbonyl (C=O) groups is 1. The molecule has 1 aromatic carbocycles. The normalized spacial score (nSPS) is 17.3. The smallest absolute Gasteiger partial charge is 0.349 e. The van der Waals surface area contributed by atoms with Crippen LogP contribution in [0.4, 0.5) is 14.6 Å². The van der Waals surface area contributed by atoms with Crippen molar-refractivity contribution >= 4 is 34.4 Å². The predicted octanol–water partition coefficient (Wildman–Crippen LogP) is 5.82. The molecule has 0 unspecified atom stereocenters. The van der Waals surface area contributed by atoms with Crippen molar-refractivity contribution in [3.05, 3.63) is 87.6 Å². The Labute approximate surface area is 247 Å². The number of piperazine rings is 1. The summed E-state index contributed by atoms with van der Waals surface area (Å²) in [6, 6.07) is 6.52. The van der Waals surface area contributed by atoms with Crippen LogP contribution in [0.3, 0.4) is 0 Å². The lowest BCUT2D eigenvalue weighted by Gasteiger charge is -2.44. The molecule has 0 saturated carbocycles. The Kier molecular flexibility index (Phi) is 7.85. The Hall–Kier alpha value is -4.18. The number of rotatable bonds is 5. The zero-order chi connectivity index (χ0) is 30.5. The average molecular weight is 593 g/mol. The van der Waals surface area contributed by atoms with Gasteiger partial charge in [0.05, 0.1) is 27.4 Å². The molecule has 5 rings (SSSR count). The van der Waals surface area contributed by atoms with Gasteiger partial charge in [-0.15, -0.1) is 0 Å². The van der Waals surface area contributed by atoms with Crippen LogP contribution in [-0.2, 0) is 4.79 Å². The zero-order valence-corrected chi connectivity index (χ0v) is 24.8. The lowest BCUT2D eigenvalue weighted by atomic mass is 10.0. The minimum absolute atomic E-state index is 0.0187. The van der Waals surface area contributed by atoms with E-state index in [1.807, 2.05) is 39.5 Å². The fourth-order valence-corrected chi connectivity index (χ4v) is 5.81. The maximum atomic E-state index is 15.9. The lowest BCUT2D eigenvalue weighted by Crippen LogP contribution is -2.58. The first-order valence-corrected chi connectivity index (χ1v) is 14.1. The number of anilines is 1. The van der Waals surface area contributed by atoms with Gasteiger partial charge in [0.1, 0.15) is 17.3 Å². The van der Waals surface area contributed by atoms with Crippen LogP contribution >= 0.6 is 11.6 Å². The summed E-state index contributed by atoms with van der Waals surface area (Å²) in [4.78, 5) is 43.6. The van der Waals surface area contributed by atoms with E-state index in [1.54, 1.807) is 17.2 Å². The van der Waals surface area contributed by atoms with E-state index in [2.05, 4.69) is 21.5 Å². The number of amides is 1. The van der Waals surface area contributed by atoms with Crippen molar-refractivity contribution in [2.75, 3.05) is 18.0 Å². The fraction of sp³-hybridized carbons (Fsp3) is 0.323. The van der Waals surface area contributed by atoms with Crippen molar-refractivity contribution in [2.24, 2.45) is 0 Å². The third-order valence-electron chi connectivity index (χ3n) is 7.64. The maximum Gasteiger partial charge on any atom is 0.355 e. The molecule has 0 radical (unpaired) electrons. The molecule has 11 heteroatoms. The molecule has 1 fully saturated rings. The second-order valence-corrected chi connectivity index (χ2v) is 11.3. The largest absolute Gasteiger partial charge is 0.355 e. The van der Waals surface area contributed by atoms with Crippen LogP contribution in [0.1, 0.15) is 44.9 Å². The summed E-state index contributed by atoms with van der Waals surface area (Å²) in [6.07, 6.45) is 2.93. The minimum Gasteiger partial charge on any atom is -0.349 e. The zero-order valence-electron chi connectivity index (χ0n) is 24.0. The van der Waals surface area contributed by atoms with Gasteiger partial charge in [0, 0.05) is 31.4 Å². The molecule has 0 N–H and O–H groups in total. The number of aromatic nitrogens is 4. The standard InChI is InChI=1S/C31H31ClF2N6O2/c1-7-24(41)38-14-19(6)39(15-18(38)5)29-20-13-23(34)27(25-21(32)9-8-10-22(25)33)36-30(20)40(31(42)37-29)28-17(4)11-12-35-26(28)16(2)3/h7-13,16,18-19H,1,14-15H2,2-6H3/t18-,19+/m1/s1. The highest BCUT2D eigenvalue weighted by Gasteiger charge is 2.34. The molecule has 1 saturated heterocycles. The summed E-state index contributed by atoms with van der Waals surface area (Å²) >= 11 is 6.32. The number of aryl methyl sites for hydroxylation is 1. The molecule has 4 aromatic rings. The first-order valence-electron chi connectivity index (χ1n) is 13.7. The Bertz CT molecular complexity index is 1770. The molecular weight excluding hydrogens is 562 g/mol. The van der Waals surface area contributed by atoms with Crippen LogP contribution in [0.25, 0.3) is 28.0 Å². The van der Waals surface area contributed by atoms with E-state index >= 15 is 8.78 Å². The molecule has 8 nitrogen and oxygen atoms in total. The van der Waals surface area contributed by atoms with Gasteiger partial charge < -0.3 is 9.80 Å². The number of benzene rings is 1. The molecule has 0 bridgehead atoms. The molecule has 1 aliphatic heterocycles. The molecule has 4 heterocycles. The van der Waals surface area contributed by atoms with Crippen molar-refractivity contribution in [3.8, 4) is 16.9 Å². The van der Waals surface area contributed by atoms with Gasteiger partial charge in [-0.25, -0.2) is 23.1 Å². The number of nitrogens with zero attached hydrogens (tertiary/aromatic N) is 6. The number of fused-ring (bicyclic) bond motifs is 1. The van der Waals surface area contributed by atoms with Gasteiger partial charge in [-0.1, -0.05) is 38.1 Å². The van der Waals surface area contributed by atoms with E-state index in [0.29, 0.717) is 24.5 Å². The lowest BCUT2D eigenvalue weighted by molar-refractivity contribution is -0.128. The predicted molar refractivity (Wildman–Crippen MR) is 160 cm³/mol. The second kappa shape index (κ2) is 11.2. The third kappa shape index (κ3) is 4.93. The van der Waals surface area contributed by atoms with Crippen LogP contribution in [0.5, 0.6) is 0 Å². The molecule has 218 valence electrons. The summed E-state index contributed by atoms with van der Waals surface area (Å²) in [5, 5.41) is 0.235. The van der Waals surface area contributed by atoms with Gasteiger partial charge in [-0.05, 0) is 62.6 Å². The number of halogens is 3. The fourth-order valence-electron chi connectivity index (χ4n) is 5.56. The quantitative estimate of drug-likeness (QED) is 0.272. The van der Waals surface area contributed by atoms with Crippen LogP contribution in [0, 0.1) is 18.6 Å². The molecule has 3 aromatic heterocycles. The summed E-state index contributed by atoms with van der Waals surface area (Å²) in [6.45, 7) is 13.8. The SMILES string of the molecule is C=CC(=O)N1C[C@H](C)N(c2nc(=O)n(-c3c(C)ccnc3C(C)C)c3nc(-c4c(F)cccc4Cl)c(F)cc23)C[C@H]1C. The topological polar surface area (TPSA) is 84.2 Å². The van der Waals surface area contributed by atoms with E-state index in [9.17, 15) is 9.59 Å². The van der Waals surface area contributed by atoms with E-state index in [1.165, 1.54) is 34.9 Å². The van der Waals surface area contributed by atoms with Crippen LogP contribution in [0.15, 0.2) is 54.0 Å². The van der Waals surface area contributed by atoms with Gasteiger partial charge in [0.25, 0.3) is 0 Å². The van der Waals surface area contributed by atoms with E-state index < -0.39 is 17.3 Å². The van der Waals surface area contributed by atoms with Gasteiger partial charge in [0.2, 0.25) is 5.91 Å². The molecule has 0 spiro atoms. The number of pyridine rings is 2. The van der Waals surface area contributed by atoms with Gasteiger partial charge in [-0.3, -0.25) is 9.78 Å². The molecule has 1 amide bonds. The molecular formula is C31H31ClF2N6O2. The van der Waals surface area contributed by atoms with Crippen molar-refractivity contribution < 1.29 is 13.6 Å². The summed E-state index contributed by atoms with van der Waals surface area (Å²) in [5.41, 5.74) is 0.750. The number of hydrogen-bond donors (Lipinski definition) is 0. The summed E-state index contributed by atoms with van der Waals surface area (Å²) in [5.74, 6) is -1.62. The number of hydrogen-bond acceptors (Lipinski definition) is 6. The highest BCUT2D eigenvalue weighted by molar-refractivity contribution is 6.33. The first kappa shape index (κ1) is 29.3. The Morgan fingerprint density at radius 3 is 2.52 bits per heavy atom. The molecule has 1 aliphatic rings. The highest BCUT2D eigenvalue weighted by atomic mass is 35.5. The number of carbonyl (C=O) groups excluding carboxylic acids is 1. The molecule has 0 aliphatic carbocycles. The monoisotopic (exact) mass is 592 g/mol. The van der Waals surface area contributed by atoms with E-state index in [0.717, 1.165) is 5.56 Å². The Morgan fingerprint density at radius 1 is 1.12 bits per heavy atom. The molecule has 2 atom stereocenters. The van der Waals surface area contributed by atoms with Crippen LogP contribution in [0.2, 0.25) is 5.02 Å². The first-order chi connectivity index (χ1) is 19.9. The average Bonchev–Trinajstić information content (AvgIpc) is 2.94.